The monoisotopic (exact) mass is 262 g/mol. The van der Waals surface area contributed by atoms with Crippen LogP contribution in [-0.4, -0.2) is 37.7 Å². The first-order valence-corrected chi connectivity index (χ1v) is 7.33. The van der Waals surface area contributed by atoms with E-state index in [0.29, 0.717) is 6.04 Å². The predicted octanol–water partition coefficient (Wildman–Crippen LogP) is 2.90. The Hall–Kier alpha value is -1.06. The Balaban J connectivity index is 2.13. The number of likely N-dealkylation sites (N-methyl/N-ethyl adjacent to an activating group) is 1. The average Bonchev–Trinajstić information content (AvgIpc) is 2.45. The summed E-state index contributed by atoms with van der Waals surface area (Å²) in [7, 11) is 1.78. The van der Waals surface area contributed by atoms with Gasteiger partial charge in [-0.2, -0.15) is 0 Å². The number of methoxy groups -OCH3 is 1. The zero-order valence-electron chi connectivity index (χ0n) is 12.4. The van der Waals surface area contributed by atoms with Crippen LogP contribution in [0.5, 0.6) is 0 Å². The third kappa shape index (κ3) is 3.48. The van der Waals surface area contributed by atoms with Gasteiger partial charge in [-0.15, -0.1) is 0 Å². The Labute approximate surface area is 116 Å². The van der Waals surface area contributed by atoms with Crippen LogP contribution < -0.4 is 5.32 Å². The molecular formula is C16H26N2O. The fourth-order valence-electron chi connectivity index (χ4n) is 2.88. The largest absolute Gasteiger partial charge is 0.385 e. The average molecular weight is 262 g/mol. The maximum Gasteiger partial charge on any atom is 0.0615 e. The van der Waals surface area contributed by atoms with Crippen molar-refractivity contribution in [2.24, 2.45) is 0 Å². The number of fused-ring (bicyclic) bond motifs is 1. The number of rotatable bonds is 6. The van der Waals surface area contributed by atoms with Gasteiger partial charge in [-0.3, -0.25) is 4.90 Å². The molecule has 1 unspecified atom stereocenters. The molecular weight excluding hydrogens is 236 g/mol. The van der Waals surface area contributed by atoms with Crippen molar-refractivity contribution in [3.8, 4) is 0 Å². The Morgan fingerprint density at radius 2 is 2.26 bits per heavy atom. The molecule has 0 saturated heterocycles. The van der Waals surface area contributed by atoms with E-state index in [4.69, 9.17) is 4.74 Å². The fourth-order valence-corrected chi connectivity index (χ4v) is 2.88. The van der Waals surface area contributed by atoms with Gasteiger partial charge in [-0.1, -0.05) is 19.1 Å². The van der Waals surface area contributed by atoms with Crippen LogP contribution in [0, 0.1) is 0 Å². The second-order valence-corrected chi connectivity index (χ2v) is 5.34. The molecule has 0 aliphatic carbocycles. The van der Waals surface area contributed by atoms with E-state index in [0.717, 1.165) is 26.2 Å². The van der Waals surface area contributed by atoms with Crippen LogP contribution >= 0.6 is 0 Å². The van der Waals surface area contributed by atoms with Gasteiger partial charge in [-0.05, 0) is 43.5 Å². The normalized spacial score (nSPS) is 16.0. The summed E-state index contributed by atoms with van der Waals surface area (Å²) in [5.74, 6) is 0. The maximum atomic E-state index is 5.28. The van der Waals surface area contributed by atoms with Gasteiger partial charge in [0.05, 0.1) is 6.61 Å². The van der Waals surface area contributed by atoms with Crippen LogP contribution in [0.15, 0.2) is 18.2 Å². The van der Waals surface area contributed by atoms with E-state index >= 15 is 0 Å². The minimum Gasteiger partial charge on any atom is -0.385 e. The lowest BCUT2D eigenvalue weighted by Gasteiger charge is -2.29. The van der Waals surface area contributed by atoms with Crippen molar-refractivity contribution in [3.63, 3.8) is 0 Å². The second-order valence-electron chi connectivity index (χ2n) is 5.34. The van der Waals surface area contributed by atoms with Crippen LogP contribution in [-0.2, 0) is 17.7 Å². The van der Waals surface area contributed by atoms with Crippen molar-refractivity contribution in [1.82, 2.24) is 4.90 Å². The highest BCUT2D eigenvalue weighted by molar-refractivity contribution is 5.56. The summed E-state index contributed by atoms with van der Waals surface area (Å²) in [6.07, 6.45) is 2.44. The first-order valence-electron chi connectivity index (χ1n) is 7.33. The Kier molecular flexibility index (Phi) is 5.23. The summed E-state index contributed by atoms with van der Waals surface area (Å²) in [6, 6.07) is 7.10. The molecule has 3 heteroatoms. The first kappa shape index (κ1) is 14.4. The third-order valence-corrected chi connectivity index (χ3v) is 4.00. The molecule has 106 valence electrons. The Bertz CT molecular complexity index is 406. The van der Waals surface area contributed by atoms with Crippen molar-refractivity contribution < 1.29 is 4.74 Å². The lowest BCUT2D eigenvalue weighted by atomic mass is 9.97. The van der Waals surface area contributed by atoms with E-state index in [2.05, 4.69) is 42.3 Å². The highest BCUT2D eigenvalue weighted by atomic mass is 16.5. The van der Waals surface area contributed by atoms with Crippen molar-refractivity contribution in [3.05, 3.63) is 29.3 Å². The quantitative estimate of drug-likeness (QED) is 0.853. The van der Waals surface area contributed by atoms with Crippen LogP contribution in [0.25, 0.3) is 0 Å². The molecule has 0 amide bonds. The smallest absolute Gasteiger partial charge is 0.0615 e. The molecule has 2 rings (SSSR count). The molecule has 1 aliphatic rings. The minimum absolute atomic E-state index is 0.461. The molecule has 1 aromatic rings. The van der Waals surface area contributed by atoms with E-state index in [-0.39, 0.29) is 0 Å². The zero-order valence-corrected chi connectivity index (χ0v) is 12.4. The molecule has 1 aliphatic heterocycles. The van der Waals surface area contributed by atoms with E-state index in [9.17, 15) is 0 Å². The lowest BCUT2D eigenvalue weighted by molar-refractivity contribution is 0.0980. The van der Waals surface area contributed by atoms with Gasteiger partial charge in [-0.25, -0.2) is 0 Å². The number of hydrogen-bond acceptors (Lipinski definition) is 3. The summed E-state index contributed by atoms with van der Waals surface area (Å²) in [4.78, 5) is 2.48. The number of nitrogens with zero attached hydrogens (tertiary/aromatic N) is 1. The van der Waals surface area contributed by atoms with Crippen LogP contribution in [0.3, 0.4) is 0 Å². The summed E-state index contributed by atoms with van der Waals surface area (Å²) in [6.45, 7) is 8.43. The number of benzene rings is 1. The first-order chi connectivity index (χ1) is 9.26. The number of hydrogen-bond donors (Lipinski definition) is 1. The van der Waals surface area contributed by atoms with Crippen LogP contribution in [0.4, 0.5) is 5.69 Å². The maximum absolute atomic E-state index is 5.28. The van der Waals surface area contributed by atoms with Crippen molar-refractivity contribution in [2.75, 3.05) is 32.1 Å². The van der Waals surface area contributed by atoms with Crippen molar-refractivity contribution in [1.29, 1.82) is 0 Å². The lowest BCUT2D eigenvalue weighted by Crippen LogP contribution is -2.36. The Morgan fingerprint density at radius 1 is 1.42 bits per heavy atom. The minimum atomic E-state index is 0.461. The fraction of sp³-hybridized carbons (Fsp3) is 0.625. The Morgan fingerprint density at radius 3 is 3.00 bits per heavy atom. The standard InChI is InChI=1S/C16H26N2O/c1-4-18(13(2)12-19-3)11-14-7-5-9-16-15(14)8-6-10-17-16/h5,7,9,13,17H,4,6,8,10-12H2,1-3H3. The van der Waals surface area contributed by atoms with Gasteiger partial charge >= 0.3 is 0 Å². The molecule has 1 atom stereocenters. The topological polar surface area (TPSA) is 24.5 Å². The second kappa shape index (κ2) is 6.92. The van der Waals surface area contributed by atoms with Gasteiger partial charge in [0.2, 0.25) is 0 Å². The SMILES string of the molecule is CCN(Cc1cccc2c1CCCN2)C(C)COC. The number of anilines is 1. The van der Waals surface area contributed by atoms with Crippen molar-refractivity contribution in [2.45, 2.75) is 39.3 Å². The molecule has 0 saturated carbocycles. The summed E-state index contributed by atoms with van der Waals surface area (Å²) in [5, 5.41) is 3.51. The van der Waals surface area contributed by atoms with Crippen LogP contribution in [0.2, 0.25) is 0 Å². The highest BCUT2D eigenvalue weighted by Crippen LogP contribution is 2.26. The third-order valence-electron chi connectivity index (χ3n) is 4.00. The molecule has 1 aromatic carbocycles. The van der Waals surface area contributed by atoms with Crippen LogP contribution in [0.1, 0.15) is 31.4 Å². The molecule has 0 bridgehead atoms. The number of ether oxygens (including phenoxy) is 1. The summed E-state index contributed by atoms with van der Waals surface area (Å²) < 4.78 is 5.28. The molecule has 19 heavy (non-hydrogen) atoms. The molecule has 3 nitrogen and oxygen atoms in total. The molecule has 0 radical (unpaired) electrons. The molecule has 0 spiro atoms. The summed E-state index contributed by atoms with van der Waals surface area (Å²) in [5.41, 5.74) is 4.31. The molecule has 1 N–H and O–H groups in total. The number of nitrogens with one attached hydrogen (secondary N) is 1. The van der Waals surface area contributed by atoms with E-state index in [1.807, 2.05) is 0 Å². The van der Waals surface area contributed by atoms with E-state index < -0.39 is 0 Å². The van der Waals surface area contributed by atoms with Gasteiger partial charge in [0.1, 0.15) is 0 Å². The highest BCUT2D eigenvalue weighted by Gasteiger charge is 2.17. The van der Waals surface area contributed by atoms with E-state index in [1.165, 1.54) is 29.7 Å². The van der Waals surface area contributed by atoms with Gasteiger partial charge in [0, 0.05) is 31.9 Å². The van der Waals surface area contributed by atoms with Gasteiger partial charge in [0.25, 0.3) is 0 Å². The van der Waals surface area contributed by atoms with Gasteiger partial charge in [0.15, 0.2) is 0 Å². The zero-order chi connectivity index (χ0) is 13.7. The van der Waals surface area contributed by atoms with Gasteiger partial charge < -0.3 is 10.1 Å². The predicted molar refractivity (Wildman–Crippen MR) is 80.7 cm³/mol. The summed E-state index contributed by atoms with van der Waals surface area (Å²) >= 11 is 0. The molecule has 0 aromatic heterocycles. The van der Waals surface area contributed by atoms with E-state index in [1.54, 1.807) is 7.11 Å². The molecule has 1 heterocycles. The van der Waals surface area contributed by atoms with Crippen molar-refractivity contribution >= 4 is 5.69 Å². The molecule has 0 fully saturated rings.